The van der Waals surface area contributed by atoms with Gasteiger partial charge in [-0.1, -0.05) is 28.0 Å². The van der Waals surface area contributed by atoms with Crippen LogP contribution in [-0.4, -0.2) is 70.1 Å². The maximum atomic E-state index is 12.7. The molecule has 0 bridgehead atoms. The summed E-state index contributed by atoms with van der Waals surface area (Å²) in [7, 11) is 3.81. The molecule has 2 fully saturated rings. The Morgan fingerprint density at radius 3 is 2.74 bits per heavy atom. The van der Waals surface area contributed by atoms with E-state index in [9.17, 15) is 19.5 Å². The quantitative estimate of drug-likeness (QED) is 0.412. The molecule has 2 aliphatic rings. The maximum Gasteiger partial charge on any atom is 0.326 e. The molecule has 4 unspecified atom stereocenters. The van der Waals surface area contributed by atoms with Crippen LogP contribution in [0.3, 0.4) is 0 Å². The number of carboxylic acid groups (broad SMARTS) is 1. The second kappa shape index (κ2) is 11.2. The summed E-state index contributed by atoms with van der Waals surface area (Å²) in [6, 6.07) is -1.94. The molecule has 2 rings (SSSR count). The highest BCUT2D eigenvalue weighted by atomic mass is 33.1. The number of nitrogens with one attached hydrogen (secondary N) is 1. The maximum absolute atomic E-state index is 12.7. The van der Waals surface area contributed by atoms with Gasteiger partial charge in [-0.05, 0) is 46.0 Å². The molecular weight excluding hydrogens is 388 g/mol. The van der Waals surface area contributed by atoms with Crippen LogP contribution in [0.1, 0.15) is 52.4 Å². The van der Waals surface area contributed by atoms with Crippen molar-refractivity contribution in [2.45, 2.75) is 75.7 Å². The average molecular weight is 419 g/mol. The Morgan fingerprint density at radius 1 is 1.33 bits per heavy atom. The molecule has 0 aromatic rings. The standard InChI is InChI=1S/C18H30N2O5S2/c1-3-25-18(24)14(7-4-6-13-9-11-26-27-13)19-12(2)16(21)20-10-5-8-15(20)17(22)23/h12-15,19H,3-11H2,1-2H3,(H,22,23). The van der Waals surface area contributed by atoms with Gasteiger partial charge in [0, 0.05) is 17.5 Å². The summed E-state index contributed by atoms with van der Waals surface area (Å²) in [5.41, 5.74) is 0. The van der Waals surface area contributed by atoms with Crippen molar-refractivity contribution in [1.82, 2.24) is 10.2 Å². The van der Waals surface area contributed by atoms with E-state index in [1.807, 2.05) is 21.6 Å². The Kier molecular flexibility index (Phi) is 9.25. The van der Waals surface area contributed by atoms with Crippen molar-refractivity contribution in [3.63, 3.8) is 0 Å². The number of likely N-dealkylation sites (tertiary alicyclic amines) is 1. The lowest BCUT2D eigenvalue weighted by Gasteiger charge is -2.28. The highest BCUT2D eigenvalue weighted by molar-refractivity contribution is 8.77. The summed E-state index contributed by atoms with van der Waals surface area (Å²) in [4.78, 5) is 37.8. The minimum Gasteiger partial charge on any atom is -0.480 e. The fourth-order valence-electron chi connectivity index (χ4n) is 3.54. The number of ether oxygens (including phenoxy) is 1. The molecule has 4 atom stereocenters. The van der Waals surface area contributed by atoms with Crippen molar-refractivity contribution < 1.29 is 24.2 Å². The molecule has 27 heavy (non-hydrogen) atoms. The molecule has 0 aromatic carbocycles. The highest BCUT2D eigenvalue weighted by Gasteiger charge is 2.37. The molecule has 1 amide bonds. The average Bonchev–Trinajstić information content (AvgIpc) is 3.31. The number of carbonyl (C=O) groups excluding carboxylic acids is 2. The van der Waals surface area contributed by atoms with Gasteiger partial charge in [-0.3, -0.25) is 14.9 Å². The first kappa shape index (κ1) is 22.4. The van der Waals surface area contributed by atoms with Gasteiger partial charge in [-0.2, -0.15) is 0 Å². The number of esters is 1. The van der Waals surface area contributed by atoms with E-state index in [4.69, 9.17) is 4.74 Å². The first-order valence-corrected chi connectivity index (χ1v) is 12.1. The van der Waals surface area contributed by atoms with Crippen LogP contribution in [0.4, 0.5) is 0 Å². The van der Waals surface area contributed by atoms with Crippen molar-refractivity contribution in [3.8, 4) is 0 Å². The molecule has 154 valence electrons. The Hall–Kier alpha value is -0.930. The lowest BCUT2D eigenvalue weighted by Crippen LogP contribution is -2.53. The normalized spacial score (nSPS) is 24.6. The lowest BCUT2D eigenvalue weighted by molar-refractivity contribution is -0.150. The molecule has 0 aromatic heterocycles. The summed E-state index contributed by atoms with van der Waals surface area (Å²) in [6.45, 7) is 4.19. The molecule has 2 heterocycles. The lowest BCUT2D eigenvalue weighted by atomic mass is 10.1. The van der Waals surface area contributed by atoms with Gasteiger partial charge in [0.05, 0.1) is 12.6 Å². The highest BCUT2D eigenvalue weighted by Crippen LogP contribution is 2.39. The van der Waals surface area contributed by atoms with E-state index in [-0.39, 0.29) is 11.9 Å². The van der Waals surface area contributed by atoms with Crippen LogP contribution in [0.25, 0.3) is 0 Å². The van der Waals surface area contributed by atoms with Gasteiger partial charge < -0.3 is 14.7 Å². The van der Waals surface area contributed by atoms with Crippen molar-refractivity contribution in [2.75, 3.05) is 18.9 Å². The van der Waals surface area contributed by atoms with E-state index in [0.29, 0.717) is 37.7 Å². The van der Waals surface area contributed by atoms with Gasteiger partial charge in [0.15, 0.2) is 0 Å². The number of nitrogens with zero attached hydrogens (tertiary/aromatic N) is 1. The molecule has 0 aliphatic carbocycles. The Balaban J connectivity index is 1.90. The van der Waals surface area contributed by atoms with E-state index in [1.165, 1.54) is 17.1 Å². The zero-order chi connectivity index (χ0) is 19.8. The summed E-state index contributed by atoms with van der Waals surface area (Å²) in [5.74, 6) is -0.401. The van der Waals surface area contributed by atoms with Crippen molar-refractivity contribution in [1.29, 1.82) is 0 Å². The van der Waals surface area contributed by atoms with Crippen LogP contribution in [0, 0.1) is 0 Å². The number of carboxylic acids is 1. The summed E-state index contributed by atoms with van der Waals surface area (Å²) in [6.07, 6.45) is 4.91. The molecule has 0 radical (unpaired) electrons. The van der Waals surface area contributed by atoms with Crippen LogP contribution in [0.15, 0.2) is 0 Å². The van der Waals surface area contributed by atoms with Crippen LogP contribution < -0.4 is 5.32 Å². The minimum absolute atomic E-state index is 0.267. The van der Waals surface area contributed by atoms with Crippen molar-refractivity contribution in [2.24, 2.45) is 0 Å². The SMILES string of the molecule is CCOC(=O)C(CCCC1CCSS1)NC(C)C(=O)N1CCCC1C(=O)O. The molecule has 2 saturated heterocycles. The van der Waals surface area contributed by atoms with E-state index in [1.54, 1.807) is 13.8 Å². The van der Waals surface area contributed by atoms with Crippen LogP contribution in [-0.2, 0) is 19.1 Å². The van der Waals surface area contributed by atoms with E-state index in [0.717, 1.165) is 12.8 Å². The second-order valence-corrected chi connectivity index (χ2v) is 9.77. The fraction of sp³-hybridized carbons (Fsp3) is 0.833. The van der Waals surface area contributed by atoms with Crippen molar-refractivity contribution in [3.05, 3.63) is 0 Å². The van der Waals surface area contributed by atoms with E-state index < -0.39 is 24.1 Å². The molecule has 0 saturated carbocycles. The largest absolute Gasteiger partial charge is 0.480 e. The number of carbonyl (C=O) groups is 3. The Labute approximate surface area is 168 Å². The number of hydrogen-bond acceptors (Lipinski definition) is 7. The third kappa shape index (κ3) is 6.57. The molecule has 0 spiro atoms. The predicted octanol–water partition coefficient (Wildman–Crippen LogP) is 2.30. The van der Waals surface area contributed by atoms with Gasteiger partial charge in [0.1, 0.15) is 12.1 Å². The number of aliphatic carboxylic acids is 1. The summed E-state index contributed by atoms with van der Waals surface area (Å²) >= 11 is 0. The molecule has 2 N–H and O–H groups in total. The zero-order valence-corrected chi connectivity index (χ0v) is 17.7. The summed E-state index contributed by atoms with van der Waals surface area (Å²) < 4.78 is 5.16. The monoisotopic (exact) mass is 418 g/mol. The summed E-state index contributed by atoms with van der Waals surface area (Å²) in [5, 5.41) is 13.0. The van der Waals surface area contributed by atoms with Gasteiger partial charge in [-0.25, -0.2) is 4.79 Å². The van der Waals surface area contributed by atoms with Gasteiger partial charge in [-0.15, -0.1) is 0 Å². The Morgan fingerprint density at radius 2 is 2.11 bits per heavy atom. The third-order valence-electron chi connectivity index (χ3n) is 4.96. The first-order valence-electron chi connectivity index (χ1n) is 9.68. The zero-order valence-electron chi connectivity index (χ0n) is 16.0. The van der Waals surface area contributed by atoms with Crippen molar-refractivity contribution >= 4 is 39.4 Å². The smallest absolute Gasteiger partial charge is 0.326 e. The second-order valence-electron chi connectivity index (χ2n) is 6.98. The van der Waals surface area contributed by atoms with Gasteiger partial charge >= 0.3 is 11.9 Å². The third-order valence-corrected chi connectivity index (χ3v) is 7.97. The predicted molar refractivity (Wildman–Crippen MR) is 108 cm³/mol. The molecule has 7 nitrogen and oxygen atoms in total. The van der Waals surface area contributed by atoms with Gasteiger partial charge in [0.2, 0.25) is 5.91 Å². The molecule has 2 aliphatic heterocycles. The van der Waals surface area contributed by atoms with E-state index >= 15 is 0 Å². The molecule has 9 heteroatoms. The molecular formula is C18H30N2O5S2. The fourth-order valence-corrected chi connectivity index (χ4v) is 6.56. The topological polar surface area (TPSA) is 95.9 Å². The first-order chi connectivity index (χ1) is 12.9. The Bertz CT molecular complexity index is 528. The van der Waals surface area contributed by atoms with Crippen LogP contribution >= 0.6 is 21.6 Å². The van der Waals surface area contributed by atoms with Crippen LogP contribution in [0.2, 0.25) is 0 Å². The van der Waals surface area contributed by atoms with E-state index in [2.05, 4.69) is 5.32 Å². The number of rotatable bonds is 10. The number of amides is 1. The van der Waals surface area contributed by atoms with Gasteiger partial charge in [0.25, 0.3) is 0 Å². The number of hydrogen-bond donors (Lipinski definition) is 2. The van der Waals surface area contributed by atoms with Crippen LogP contribution in [0.5, 0.6) is 0 Å². The minimum atomic E-state index is -0.970.